The summed E-state index contributed by atoms with van der Waals surface area (Å²) < 4.78 is 0. The molecule has 0 saturated heterocycles. The van der Waals surface area contributed by atoms with Crippen molar-refractivity contribution in [2.45, 2.75) is 58.8 Å². The van der Waals surface area contributed by atoms with Crippen molar-refractivity contribution in [1.29, 1.82) is 0 Å². The van der Waals surface area contributed by atoms with Crippen molar-refractivity contribution in [3.05, 3.63) is 23.9 Å². The van der Waals surface area contributed by atoms with Crippen LogP contribution in [-0.4, -0.2) is 11.7 Å². The number of nitrogens with one attached hydrogen (secondary N) is 1. The van der Waals surface area contributed by atoms with Crippen LogP contribution < -0.4 is 5.32 Å². The summed E-state index contributed by atoms with van der Waals surface area (Å²) in [6.07, 6.45) is 11.9. The van der Waals surface area contributed by atoms with Crippen LogP contribution >= 0.6 is 0 Å². The zero-order valence-electron chi connectivity index (χ0n) is 12.1. The van der Waals surface area contributed by atoms with Crippen molar-refractivity contribution >= 4 is 11.7 Å². The van der Waals surface area contributed by atoms with E-state index in [-0.39, 0.29) is 11.8 Å². The van der Waals surface area contributed by atoms with Crippen LogP contribution in [0.3, 0.4) is 0 Å². The van der Waals surface area contributed by atoms with Gasteiger partial charge in [0.15, 0.2) is 0 Å². The number of carbonyl (C=O) groups is 2. The lowest BCUT2D eigenvalue weighted by Crippen LogP contribution is -2.32. The lowest BCUT2D eigenvalue weighted by atomic mass is 9.88. The molecule has 0 aromatic heterocycles. The van der Waals surface area contributed by atoms with Gasteiger partial charge < -0.3 is 5.32 Å². The Morgan fingerprint density at radius 2 is 1.89 bits per heavy atom. The van der Waals surface area contributed by atoms with Gasteiger partial charge in [-0.15, -0.1) is 0 Å². The summed E-state index contributed by atoms with van der Waals surface area (Å²) in [6.45, 7) is 4.25. The number of Topliss-reactive ketones (excluding diaryl/α,β-unsaturated/α-hetero) is 1. The summed E-state index contributed by atoms with van der Waals surface area (Å²) in [7, 11) is 0. The molecule has 1 fully saturated rings. The van der Waals surface area contributed by atoms with Crippen LogP contribution in [0.5, 0.6) is 0 Å². The van der Waals surface area contributed by atoms with E-state index >= 15 is 0 Å². The first kappa shape index (κ1) is 15.7. The fraction of sp³-hybridized carbons (Fsp3) is 0.625. The Labute approximate surface area is 116 Å². The molecule has 0 aromatic rings. The molecule has 3 nitrogen and oxygen atoms in total. The van der Waals surface area contributed by atoms with E-state index in [9.17, 15) is 9.59 Å². The zero-order chi connectivity index (χ0) is 14.1. The van der Waals surface area contributed by atoms with E-state index < -0.39 is 0 Å². The van der Waals surface area contributed by atoms with Gasteiger partial charge >= 0.3 is 0 Å². The van der Waals surface area contributed by atoms with Crippen LogP contribution in [-0.2, 0) is 9.59 Å². The third kappa shape index (κ3) is 5.86. The summed E-state index contributed by atoms with van der Waals surface area (Å²) in [6, 6.07) is 0. The fourth-order valence-corrected chi connectivity index (χ4v) is 2.15. The molecule has 0 atom stereocenters. The van der Waals surface area contributed by atoms with E-state index in [1.807, 2.05) is 12.2 Å². The number of hydrogen-bond acceptors (Lipinski definition) is 2. The average Bonchev–Trinajstić information content (AvgIpc) is 2.41. The van der Waals surface area contributed by atoms with E-state index in [1.165, 1.54) is 6.42 Å². The van der Waals surface area contributed by atoms with Crippen molar-refractivity contribution in [3.63, 3.8) is 0 Å². The van der Waals surface area contributed by atoms with Gasteiger partial charge in [0, 0.05) is 24.5 Å². The van der Waals surface area contributed by atoms with Crippen molar-refractivity contribution in [2.75, 3.05) is 0 Å². The summed E-state index contributed by atoms with van der Waals surface area (Å²) in [5.74, 6) is 0.389. The third-order valence-electron chi connectivity index (χ3n) is 3.18. The lowest BCUT2D eigenvalue weighted by molar-refractivity contribution is -0.127. The quantitative estimate of drug-likeness (QED) is 0.828. The van der Waals surface area contributed by atoms with Gasteiger partial charge in [-0.3, -0.25) is 9.59 Å². The molecule has 19 heavy (non-hydrogen) atoms. The number of allylic oxidation sites excluding steroid dienone is 3. The Morgan fingerprint density at radius 3 is 2.42 bits per heavy atom. The Bertz CT molecular complexity index is 359. The van der Waals surface area contributed by atoms with E-state index in [4.69, 9.17) is 0 Å². The molecule has 1 saturated carbocycles. The Balaban J connectivity index is 0.000000550. The van der Waals surface area contributed by atoms with Gasteiger partial charge in [-0.25, -0.2) is 0 Å². The fourth-order valence-electron chi connectivity index (χ4n) is 2.15. The van der Waals surface area contributed by atoms with Crippen LogP contribution in [0.4, 0.5) is 0 Å². The number of hydrogen-bond donors (Lipinski definition) is 1. The highest BCUT2D eigenvalue weighted by molar-refractivity contribution is 5.85. The Kier molecular flexibility index (Phi) is 7.16. The Hall–Kier alpha value is -1.38. The van der Waals surface area contributed by atoms with Crippen LogP contribution in [0.2, 0.25) is 0 Å². The predicted molar refractivity (Wildman–Crippen MR) is 77.5 cm³/mol. The highest BCUT2D eigenvalue weighted by atomic mass is 16.2. The topological polar surface area (TPSA) is 46.2 Å². The molecule has 0 bridgehead atoms. The SMILES string of the molecule is CCC.O=C1CCC(C(=O)NC2=CCCC=C2)CC1. The highest BCUT2D eigenvalue weighted by Gasteiger charge is 2.24. The molecule has 0 spiro atoms. The molecule has 0 unspecified atom stereocenters. The summed E-state index contributed by atoms with van der Waals surface area (Å²) >= 11 is 0. The van der Waals surface area contributed by atoms with Gasteiger partial charge in [-0.2, -0.15) is 0 Å². The largest absolute Gasteiger partial charge is 0.326 e. The second kappa shape index (κ2) is 8.68. The van der Waals surface area contributed by atoms with E-state index in [2.05, 4.69) is 25.2 Å². The van der Waals surface area contributed by atoms with Crippen LogP contribution in [0.25, 0.3) is 0 Å². The second-order valence-corrected chi connectivity index (χ2v) is 5.15. The molecule has 0 radical (unpaired) electrons. The maximum absolute atomic E-state index is 11.9. The molecule has 106 valence electrons. The number of ketones is 1. The van der Waals surface area contributed by atoms with Crippen LogP contribution in [0.1, 0.15) is 58.8 Å². The minimum Gasteiger partial charge on any atom is -0.326 e. The number of carbonyl (C=O) groups excluding carboxylic acids is 2. The number of amides is 1. The number of rotatable bonds is 2. The molecule has 3 heteroatoms. The average molecular weight is 263 g/mol. The highest BCUT2D eigenvalue weighted by Crippen LogP contribution is 2.22. The first-order chi connectivity index (χ1) is 9.17. The van der Waals surface area contributed by atoms with Gasteiger partial charge in [-0.05, 0) is 31.8 Å². The maximum atomic E-state index is 11.9. The zero-order valence-corrected chi connectivity index (χ0v) is 12.1. The van der Waals surface area contributed by atoms with Gasteiger partial charge in [0.1, 0.15) is 5.78 Å². The normalized spacial score (nSPS) is 19.3. The monoisotopic (exact) mass is 263 g/mol. The molecule has 2 rings (SSSR count). The first-order valence-electron chi connectivity index (χ1n) is 7.36. The van der Waals surface area contributed by atoms with Crippen molar-refractivity contribution in [1.82, 2.24) is 5.32 Å². The van der Waals surface area contributed by atoms with E-state index in [1.54, 1.807) is 0 Å². The molecule has 1 N–H and O–H groups in total. The molecule has 2 aliphatic rings. The van der Waals surface area contributed by atoms with Gasteiger partial charge in [0.2, 0.25) is 5.91 Å². The smallest absolute Gasteiger partial charge is 0.227 e. The van der Waals surface area contributed by atoms with Crippen LogP contribution in [0, 0.1) is 5.92 Å². The maximum Gasteiger partial charge on any atom is 0.227 e. The van der Waals surface area contributed by atoms with Gasteiger partial charge in [-0.1, -0.05) is 32.4 Å². The standard InChI is InChI=1S/C13H17NO2.C3H8/c15-12-8-6-10(7-9-12)13(16)14-11-4-2-1-3-5-11;1-3-2/h2,4-5,10H,1,3,6-9H2,(H,14,16);3H2,1-2H3. The lowest BCUT2D eigenvalue weighted by Gasteiger charge is -2.20. The predicted octanol–water partition coefficient (Wildman–Crippen LogP) is 3.51. The van der Waals surface area contributed by atoms with E-state index in [0.717, 1.165) is 18.5 Å². The summed E-state index contributed by atoms with van der Waals surface area (Å²) in [4.78, 5) is 22.9. The van der Waals surface area contributed by atoms with Crippen LogP contribution in [0.15, 0.2) is 23.9 Å². The molecular weight excluding hydrogens is 238 g/mol. The summed E-state index contributed by atoms with van der Waals surface area (Å²) in [5, 5.41) is 2.93. The molecule has 0 heterocycles. The van der Waals surface area contributed by atoms with E-state index in [0.29, 0.717) is 31.5 Å². The molecular formula is C16H25NO2. The van der Waals surface area contributed by atoms with Crippen molar-refractivity contribution < 1.29 is 9.59 Å². The Morgan fingerprint density at radius 1 is 1.26 bits per heavy atom. The third-order valence-corrected chi connectivity index (χ3v) is 3.18. The van der Waals surface area contributed by atoms with Crippen molar-refractivity contribution in [2.24, 2.45) is 5.92 Å². The first-order valence-corrected chi connectivity index (χ1v) is 7.36. The molecule has 0 aliphatic heterocycles. The molecule has 1 amide bonds. The van der Waals surface area contributed by atoms with Crippen molar-refractivity contribution in [3.8, 4) is 0 Å². The van der Waals surface area contributed by atoms with Gasteiger partial charge in [0.05, 0.1) is 0 Å². The minimum atomic E-state index is 0.0222. The molecule has 0 aromatic carbocycles. The summed E-state index contributed by atoms with van der Waals surface area (Å²) in [5.41, 5.74) is 0.910. The van der Waals surface area contributed by atoms with Gasteiger partial charge in [0.25, 0.3) is 0 Å². The minimum absolute atomic E-state index is 0.0222. The molecule has 2 aliphatic carbocycles. The second-order valence-electron chi connectivity index (χ2n) is 5.15.